The molecule has 1 amide bonds. The van der Waals surface area contributed by atoms with Gasteiger partial charge < -0.3 is 9.84 Å². The Balaban J connectivity index is 1.30. The number of nitrogens with one attached hydrogen (secondary N) is 1. The van der Waals surface area contributed by atoms with Crippen molar-refractivity contribution in [2.45, 2.75) is 24.2 Å². The van der Waals surface area contributed by atoms with Gasteiger partial charge in [0.05, 0.1) is 0 Å². The number of hydrogen-bond donors (Lipinski definition) is 1. The predicted molar refractivity (Wildman–Crippen MR) is 101 cm³/mol. The van der Waals surface area contributed by atoms with Gasteiger partial charge in [-0.05, 0) is 35.8 Å². The Kier molecular flexibility index (Phi) is 6.64. The summed E-state index contributed by atoms with van der Waals surface area (Å²) in [4.78, 5) is 17.4. The first-order valence-electron chi connectivity index (χ1n) is 8.11. The highest BCUT2D eigenvalue weighted by Gasteiger charge is 2.10. The highest BCUT2D eigenvalue weighted by Crippen LogP contribution is 2.19. The molecule has 0 saturated carbocycles. The van der Waals surface area contributed by atoms with E-state index in [1.165, 1.54) is 4.90 Å². The van der Waals surface area contributed by atoms with Crippen molar-refractivity contribution in [1.29, 1.82) is 0 Å². The molecule has 25 heavy (non-hydrogen) atoms. The van der Waals surface area contributed by atoms with E-state index in [0.717, 1.165) is 17.7 Å². The second-order valence-electron chi connectivity index (χ2n) is 5.39. The smallest absolute Gasteiger partial charge is 0.227 e. The van der Waals surface area contributed by atoms with E-state index >= 15 is 0 Å². The van der Waals surface area contributed by atoms with Crippen molar-refractivity contribution in [2.75, 3.05) is 12.3 Å². The number of carbonyl (C=O) groups is 1. The standard InChI is InChI=1S/C18H19N3O2S2/c22-16(19-10-4-11-25-15-5-2-1-3-6-15)7-8-17-20-18(21-23-17)14-9-12-24-13-14/h1-3,5-6,9,12-13H,4,7-8,10-11H2,(H,19,22). The molecule has 3 rings (SSSR count). The number of hydrogen-bond acceptors (Lipinski definition) is 6. The van der Waals surface area contributed by atoms with E-state index in [4.69, 9.17) is 4.52 Å². The zero-order valence-electron chi connectivity index (χ0n) is 13.7. The fourth-order valence-corrected chi connectivity index (χ4v) is 3.69. The third kappa shape index (κ3) is 5.72. The van der Waals surface area contributed by atoms with Crippen LogP contribution >= 0.6 is 23.1 Å². The van der Waals surface area contributed by atoms with Gasteiger partial charge >= 0.3 is 0 Å². The maximum atomic E-state index is 11.9. The summed E-state index contributed by atoms with van der Waals surface area (Å²) in [5.41, 5.74) is 0.945. The molecular formula is C18H19N3O2S2. The molecule has 0 aliphatic carbocycles. The summed E-state index contributed by atoms with van der Waals surface area (Å²) >= 11 is 3.39. The number of aromatic nitrogens is 2. The molecule has 0 aliphatic rings. The SMILES string of the molecule is O=C(CCc1nc(-c2ccsc2)no1)NCCCSc1ccccc1. The maximum Gasteiger partial charge on any atom is 0.227 e. The molecule has 0 unspecified atom stereocenters. The van der Waals surface area contributed by atoms with E-state index in [1.54, 1.807) is 23.1 Å². The highest BCUT2D eigenvalue weighted by atomic mass is 32.2. The molecule has 2 heterocycles. The quantitative estimate of drug-likeness (QED) is 0.453. The summed E-state index contributed by atoms with van der Waals surface area (Å²) in [7, 11) is 0. The molecule has 0 spiro atoms. The minimum Gasteiger partial charge on any atom is -0.356 e. The number of nitrogens with zero attached hydrogens (tertiary/aromatic N) is 2. The third-order valence-corrected chi connectivity index (χ3v) is 5.25. The largest absolute Gasteiger partial charge is 0.356 e. The van der Waals surface area contributed by atoms with Crippen LogP contribution in [0.3, 0.4) is 0 Å². The Morgan fingerprint density at radius 1 is 1.24 bits per heavy atom. The number of thiophene rings is 1. The number of aryl methyl sites for hydroxylation is 1. The molecule has 130 valence electrons. The van der Waals surface area contributed by atoms with Gasteiger partial charge in [0.15, 0.2) is 0 Å². The van der Waals surface area contributed by atoms with Gasteiger partial charge in [-0.3, -0.25) is 4.79 Å². The van der Waals surface area contributed by atoms with Crippen LogP contribution in [0.4, 0.5) is 0 Å². The average molecular weight is 374 g/mol. The van der Waals surface area contributed by atoms with Gasteiger partial charge in [0, 0.05) is 35.2 Å². The topological polar surface area (TPSA) is 68.0 Å². The van der Waals surface area contributed by atoms with Crippen LogP contribution in [0.25, 0.3) is 11.4 Å². The summed E-state index contributed by atoms with van der Waals surface area (Å²) in [6.45, 7) is 0.683. The van der Waals surface area contributed by atoms with Crippen molar-refractivity contribution in [3.8, 4) is 11.4 Å². The Morgan fingerprint density at radius 2 is 2.12 bits per heavy atom. The Hall–Kier alpha value is -2.12. The number of thioether (sulfide) groups is 1. The van der Waals surface area contributed by atoms with Gasteiger partial charge in [-0.25, -0.2) is 0 Å². The van der Waals surface area contributed by atoms with Gasteiger partial charge in [-0.1, -0.05) is 23.4 Å². The lowest BCUT2D eigenvalue weighted by Gasteiger charge is -2.04. The molecule has 0 atom stereocenters. The summed E-state index contributed by atoms with van der Waals surface area (Å²) in [6, 6.07) is 12.2. The van der Waals surface area contributed by atoms with Crippen LogP contribution in [0, 0.1) is 0 Å². The molecule has 1 aromatic carbocycles. The summed E-state index contributed by atoms with van der Waals surface area (Å²) in [6.07, 6.45) is 1.76. The molecule has 2 aromatic heterocycles. The molecule has 0 bridgehead atoms. The van der Waals surface area contributed by atoms with Gasteiger partial charge in [0.2, 0.25) is 17.6 Å². The van der Waals surface area contributed by atoms with E-state index in [9.17, 15) is 4.79 Å². The molecule has 0 radical (unpaired) electrons. The molecular weight excluding hydrogens is 354 g/mol. The fourth-order valence-electron chi connectivity index (χ4n) is 2.18. The van der Waals surface area contributed by atoms with Crippen LogP contribution in [-0.4, -0.2) is 28.3 Å². The molecule has 7 heteroatoms. The number of benzene rings is 1. The van der Waals surface area contributed by atoms with Crippen molar-refractivity contribution < 1.29 is 9.32 Å². The normalized spacial score (nSPS) is 10.7. The van der Waals surface area contributed by atoms with Crippen molar-refractivity contribution >= 4 is 29.0 Å². The van der Waals surface area contributed by atoms with Crippen LogP contribution in [-0.2, 0) is 11.2 Å². The minimum atomic E-state index is 0.0139. The minimum absolute atomic E-state index is 0.0139. The van der Waals surface area contributed by atoms with Crippen molar-refractivity contribution in [2.24, 2.45) is 0 Å². The van der Waals surface area contributed by atoms with Crippen LogP contribution < -0.4 is 5.32 Å². The second kappa shape index (κ2) is 9.39. The first kappa shape index (κ1) is 17.7. The lowest BCUT2D eigenvalue weighted by atomic mass is 10.3. The molecule has 0 aliphatic heterocycles. The van der Waals surface area contributed by atoms with E-state index in [0.29, 0.717) is 31.1 Å². The lowest BCUT2D eigenvalue weighted by molar-refractivity contribution is -0.121. The number of rotatable bonds is 9. The monoisotopic (exact) mass is 373 g/mol. The van der Waals surface area contributed by atoms with Crippen LogP contribution in [0.15, 0.2) is 56.6 Å². The van der Waals surface area contributed by atoms with E-state index < -0.39 is 0 Å². The summed E-state index contributed by atoms with van der Waals surface area (Å²) in [5.74, 6) is 2.07. The molecule has 1 N–H and O–H groups in total. The fraction of sp³-hybridized carbons (Fsp3) is 0.278. The van der Waals surface area contributed by atoms with Crippen LogP contribution in [0.1, 0.15) is 18.7 Å². The van der Waals surface area contributed by atoms with E-state index in [-0.39, 0.29) is 5.91 Å². The number of amides is 1. The molecule has 5 nitrogen and oxygen atoms in total. The van der Waals surface area contributed by atoms with Gasteiger partial charge in [-0.15, -0.1) is 11.8 Å². The summed E-state index contributed by atoms with van der Waals surface area (Å²) in [5, 5.41) is 10.8. The first-order chi connectivity index (χ1) is 12.3. The summed E-state index contributed by atoms with van der Waals surface area (Å²) < 4.78 is 5.19. The van der Waals surface area contributed by atoms with Gasteiger partial charge in [-0.2, -0.15) is 16.3 Å². The first-order valence-corrected chi connectivity index (χ1v) is 10.0. The highest BCUT2D eigenvalue weighted by molar-refractivity contribution is 7.99. The van der Waals surface area contributed by atoms with Gasteiger partial charge in [0.1, 0.15) is 0 Å². The molecule has 0 fully saturated rings. The Labute approximate surface area is 154 Å². The van der Waals surface area contributed by atoms with Crippen molar-refractivity contribution in [1.82, 2.24) is 15.5 Å². The van der Waals surface area contributed by atoms with E-state index in [2.05, 4.69) is 27.6 Å². The third-order valence-electron chi connectivity index (χ3n) is 3.47. The second-order valence-corrected chi connectivity index (χ2v) is 7.34. The van der Waals surface area contributed by atoms with Crippen molar-refractivity contribution in [3.05, 3.63) is 53.0 Å². The number of carbonyl (C=O) groups excluding carboxylic acids is 1. The molecule has 0 saturated heterocycles. The van der Waals surface area contributed by atoms with Gasteiger partial charge in [0.25, 0.3) is 0 Å². The molecule has 3 aromatic rings. The maximum absolute atomic E-state index is 11.9. The average Bonchev–Trinajstić information content (AvgIpc) is 3.32. The predicted octanol–water partition coefficient (Wildman–Crippen LogP) is 4.03. The van der Waals surface area contributed by atoms with Crippen molar-refractivity contribution in [3.63, 3.8) is 0 Å². The lowest BCUT2D eigenvalue weighted by Crippen LogP contribution is -2.25. The van der Waals surface area contributed by atoms with Crippen LogP contribution in [0.5, 0.6) is 0 Å². The zero-order valence-corrected chi connectivity index (χ0v) is 15.3. The Morgan fingerprint density at radius 3 is 2.92 bits per heavy atom. The van der Waals surface area contributed by atoms with E-state index in [1.807, 2.05) is 35.0 Å². The Bertz CT molecular complexity index is 773. The van der Waals surface area contributed by atoms with Crippen LogP contribution in [0.2, 0.25) is 0 Å². The zero-order chi connectivity index (χ0) is 17.3.